The fourth-order valence-corrected chi connectivity index (χ4v) is 2.96. The average Bonchev–Trinajstić information content (AvgIpc) is 2.84. The maximum absolute atomic E-state index is 8.20. The van der Waals surface area contributed by atoms with E-state index in [1.165, 1.54) is 12.8 Å². The molecular formula is C11H16N5+. The highest BCUT2D eigenvalue weighted by Gasteiger charge is 2.52. The van der Waals surface area contributed by atoms with E-state index in [0.29, 0.717) is 24.3 Å². The number of rotatable bonds is 1. The van der Waals surface area contributed by atoms with Crippen molar-refractivity contribution < 1.29 is 4.59 Å². The maximum atomic E-state index is 8.20. The van der Waals surface area contributed by atoms with Gasteiger partial charge in [-0.1, -0.05) is 10.7 Å². The average molecular weight is 218 g/mol. The summed E-state index contributed by atoms with van der Waals surface area (Å²) >= 11 is 0. The standard InChI is InChI=1S/C11H16N5/c12-9-6-3-7-10-14-11(13)15-16(9,10)8-4-1-2-5-8/h3,7-8,12H,1-2,4-6H2,(H2,13,15)/q+1. The van der Waals surface area contributed by atoms with Gasteiger partial charge in [-0.05, 0) is 17.9 Å². The molecule has 1 atom stereocenters. The molecule has 0 radical (unpaired) electrons. The van der Waals surface area contributed by atoms with E-state index in [4.69, 9.17) is 11.1 Å². The minimum Gasteiger partial charge on any atom is -0.363 e. The number of nitrogens with two attached hydrogens (primary N) is 1. The first-order valence-corrected chi connectivity index (χ1v) is 5.82. The van der Waals surface area contributed by atoms with E-state index in [2.05, 4.69) is 10.1 Å². The highest BCUT2D eigenvalue weighted by Crippen LogP contribution is 2.36. The second-order valence-electron chi connectivity index (χ2n) is 4.61. The summed E-state index contributed by atoms with van der Waals surface area (Å²) < 4.78 is 0.266. The zero-order valence-corrected chi connectivity index (χ0v) is 9.19. The smallest absolute Gasteiger partial charge is 0.280 e. The van der Waals surface area contributed by atoms with Crippen molar-refractivity contribution in [3.05, 3.63) is 12.2 Å². The van der Waals surface area contributed by atoms with Crippen LogP contribution in [0, 0.1) is 5.41 Å². The van der Waals surface area contributed by atoms with Crippen LogP contribution in [0.2, 0.25) is 0 Å². The Morgan fingerprint density at radius 2 is 2.12 bits per heavy atom. The highest BCUT2D eigenvalue weighted by atomic mass is 15.7. The first-order chi connectivity index (χ1) is 7.73. The molecule has 0 aromatic rings. The Kier molecular flexibility index (Phi) is 1.97. The molecular weight excluding hydrogens is 202 g/mol. The molecule has 5 nitrogen and oxygen atoms in total. The second-order valence-corrected chi connectivity index (χ2v) is 4.61. The number of nitrogens with one attached hydrogen (secondary N) is 1. The van der Waals surface area contributed by atoms with Crippen LogP contribution in [0.25, 0.3) is 0 Å². The van der Waals surface area contributed by atoms with Gasteiger partial charge in [-0.15, -0.1) is 0 Å². The van der Waals surface area contributed by atoms with Gasteiger partial charge in [0, 0.05) is 18.9 Å². The number of aliphatic imine (C=N–C) groups is 1. The van der Waals surface area contributed by atoms with E-state index in [-0.39, 0.29) is 4.59 Å². The number of amidine groups is 2. The van der Waals surface area contributed by atoms with Gasteiger partial charge in [0.15, 0.2) is 0 Å². The van der Waals surface area contributed by atoms with Crippen LogP contribution in [-0.4, -0.2) is 28.3 Å². The molecule has 1 fully saturated rings. The van der Waals surface area contributed by atoms with Crippen LogP contribution in [0.15, 0.2) is 22.2 Å². The Bertz CT molecular complexity index is 428. The molecule has 1 unspecified atom stereocenters. The van der Waals surface area contributed by atoms with Crippen molar-refractivity contribution in [1.29, 1.82) is 5.41 Å². The largest absolute Gasteiger partial charge is 0.363 e. The summed E-state index contributed by atoms with van der Waals surface area (Å²) in [7, 11) is 0. The predicted molar refractivity (Wildman–Crippen MR) is 63.1 cm³/mol. The quantitative estimate of drug-likeness (QED) is 0.640. The van der Waals surface area contributed by atoms with Gasteiger partial charge in [0.2, 0.25) is 5.84 Å². The molecule has 3 rings (SSSR count). The topological polar surface area (TPSA) is 74.6 Å². The third-order valence-electron chi connectivity index (χ3n) is 3.68. The number of fused-ring (bicyclic) bond motifs is 1. The lowest BCUT2D eigenvalue weighted by molar-refractivity contribution is -0.783. The summed E-state index contributed by atoms with van der Waals surface area (Å²) in [6, 6.07) is 0.372. The van der Waals surface area contributed by atoms with Gasteiger partial charge in [-0.3, -0.25) is 5.41 Å². The molecule has 1 aliphatic carbocycles. The van der Waals surface area contributed by atoms with Crippen molar-refractivity contribution in [3.8, 4) is 0 Å². The van der Waals surface area contributed by atoms with Gasteiger partial charge in [-0.2, -0.15) is 4.99 Å². The van der Waals surface area contributed by atoms with Crippen molar-refractivity contribution in [2.75, 3.05) is 0 Å². The summed E-state index contributed by atoms with van der Waals surface area (Å²) in [5.41, 5.74) is 5.73. The molecule has 0 aromatic carbocycles. The van der Waals surface area contributed by atoms with Gasteiger partial charge >= 0.3 is 0 Å². The summed E-state index contributed by atoms with van der Waals surface area (Å²) in [5, 5.41) is 12.7. The Hall–Kier alpha value is -1.49. The molecule has 84 valence electrons. The van der Waals surface area contributed by atoms with Gasteiger partial charge < -0.3 is 5.73 Å². The Morgan fingerprint density at radius 3 is 2.88 bits per heavy atom. The Labute approximate surface area is 94.4 Å². The first-order valence-electron chi connectivity index (χ1n) is 5.82. The normalized spacial score (nSPS) is 33.9. The van der Waals surface area contributed by atoms with Crippen molar-refractivity contribution >= 4 is 17.6 Å². The fourth-order valence-electron chi connectivity index (χ4n) is 2.96. The van der Waals surface area contributed by atoms with Crippen LogP contribution in [0.4, 0.5) is 0 Å². The van der Waals surface area contributed by atoms with E-state index >= 15 is 0 Å². The van der Waals surface area contributed by atoms with Crippen molar-refractivity contribution in [1.82, 2.24) is 0 Å². The van der Waals surface area contributed by atoms with E-state index < -0.39 is 0 Å². The molecule has 0 aromatic heterocycles. The molecule has 0 bridgehead atoms. The predicted octanol–water partition coefficient (Wildman–Crippen LogP) is 1.32. The fraction of sp³-hybridized carbons (Fsp3) is 0.545. The van der Waals surface area contributed by atoms with Crippen molar-refractivity contribution in [2.24, 2.45) is 15.8 Å². The Morgan fingerprint density at radius 1 is 1.38 bits per heavy atom. The van der Waals surface area contributed by atoms with E-state index in [0.717, 1.165) is 18.7 Å². The van der Waals surface area contributed by atoms with Crippen LogP contribution >= 0.6 is 0 Å². The molecule has 0 saturated heterocycles. The number of nitrogens with zero attached hydrogens (tertiary/aromatic N) is 3. The van der Waals surface area contributed by atoms with Crippen LogP contribution in [-0.2, 0) is 0 Å². The van der Waals surface area contributed by atoms with Crippen molar-refractivity contribution in [3.63, 3.8) is 0 Å². The minimum absolute atomic E-state index is 0.266. The van der Waals surface area contributed by atoms with Gasteiger partial charge in [0.05, 0.1) is 6.42 Å². The van der Waals surface area contributed by atoms with Crippen LogP contribution in [0.5, 0.6) is 0 Å². The summed E-state index contributed by atoms with van der Waals surface area (Å²) in [5.74, 6) is 1.76. The molecule has 5 heteroatoms. The minimum atomic E-state index is 0.266. The molecule has 0 amide bonds. The van der Waals surface area contributed by atoms with Gasteiger partial charge in [-0.25, -0.2) is 0 Å². The van der Waals surface area contributed by atoms with E-state index in [9.17, 15) is 0 Å². The van der Waals surface area contributed by atoms with E-state index in [1.54, 1.807) is 0 Å². The van der Waals surface area contributed by atoms with Gasteiger partial charge in [0.1, 0.15) is 6.04 Å². The third kappa shape index (κ3) is 1.12. The highest BCUT2D eigenvalue weighted by molar-refractivity contribution is 6.07. The molecule has 16 heavy (non-hydrogen) atoms. The maximum Gasteiger partial charge on any atom is 0.280 e. The lowest BCUT2D eigenvalue weighted by Gasteiger charge is -2.34. The second kappa shape index (κ2) is 3.25. The van der Waals surface area contributed by atoms with Crippen LogP contribution in [0.1, 0.15) is 32.1 Å². The van der Waals surface area contributed by atoms with Crippen LogP contribution in [0.3, 0.4) is 0 Å². The molecule has 2 heterocycles. The van der Waals surface area contributed by atoms with Crippen molar-refractivity contribution in [2.45, 2.75) is 38.1 Å². The third-order valence-corrected chi connectivity index (χ3v) is 3.68. The Balaban J connectivity index is 2.10. The molecule has 3 N–H and O–H groups in total. The monoisotopic (exact) mass is 218 g/mol. The SMILES string of the molecule is N=C1CC=CC2=NC(N)=N[N+]12C1CCCC1. The lowest BCUT2D eigenvalue weighted by Crippen LogP contribution is -2.57. The first kappa shape index (κ1) is 9.72. The summed E-state index contributed by atoms with van der Waals surface area (Å²) in [4.78, 5) is 4.27. The number of quaternary nitrogens is 1. The van der Waals surface area contributed by atoms with Gasteiger partial charge in [0.25, 0.3) is 11.8 Å². The van der Waals surface area contributed by atoms with E-state index in [1.807, 2.05) is 12.2 Å². The van der Waals surface area contributed by atoms with Crippen LogP contribution < -0.4 is 5.73 Å². The zero-order chi connectivity index (χ0) is 11.2. The molecule has 3 aliphatic rings. The lowest BCUT2D eigenvalue weighted by atomic mass is 10.1. The summed E-state index contributed by atoms with van der Waals surface area (Å²) in [6.07, 6.45) is 9.29. The molecule has 0 spiro atoms. The number of hydrogen-bond donors (Lipinski definition) is 2. The molecule has 2 aliphatic heterocycles. The zero-order valence-electron chi connectivity index (χ0n) is 9.19. The molecule has 1 saturated carbocycles. The number of hydrogen-bond acceptors (Lipinski definition) is 4. The summed E-state index contributed by atoms with van der Waals surface area (Å²) in [6.45, 7) is 0. The number of guanidine groups is 1.